The Morgan fingerprint density at radius 2 is 1.86 bits per heavy atom. The first-order valence-electron chi connectivity index (χ1n) is 3.33. The Kier molecular flexibility index (Phi) is 3.48. The molecule has 0 saturated carbocycles. The molecule has 3 nitrogen and oxygen atoms in total. The molecule has 0 N–H and O–H groups in total. The number of alkyl halides is 3. The van der Waals surface area contributed by atoms with Gasteiger partial charge < -0.3 is 0 Å². The van der Waals surface area contributed by atoms with Crippen molar-refractivity contribution < 1.29 is 4.92 Å². The Hall–Kier alpha value is -0.220. The summed E-state index contributed by atoms with van der Waals surface area (Å²) in [6.07, 6.45) is 0. The summed E-state index contributed by atoms with van der Waals surface area (Å²) in [6, 6.07) is 3.81. The van der Waals surface area contributed by atoms with Crippen LogP contribution in [0.2, 0.25) is 5.02 Å². The number of hydrogen-bond donors (Lipinski definition) is 0. The van der Waals surface area contributed by atoms with E-state index in [1.165, 1.54) is 18.2 Å². The van der Waals surface area contributed by atoms with E-state index in [1.807, 2.05) is 0 Å². The Morgan fingerprint density at radius 3 is 2.29 bits per heavy atom. The van der Waals surface area contributed by atoms with Gasteiger partial charge in [0.1, 0.15) is 0 Å². The zero-order valence-electron chi connectivity index (χ0n) is 6.51. The van der Waals surface area contributed by atoms with Crippen LogP contribution >= 0.6 is 46.4 Å². The van der Waals surface area contributed by atoms with E-state index >= 15 is 0 Å². The van der Waals surface area contributed by atoms with Gasteiger partial charge in [-0.05, 0) is 12.1 Å². The standard InChI is InChI=1S/C7H3Cl4NO2/c8-4-1-2-6(12(13)14)5(3-4)7(9,10)11/h1-3H. The number of hydrogen-bond acceptors (Lipinski definition) is 2. The molecule has 1 aromatic carbocycles. The van der Waals surface area contributed by atoms with E-state index < -0.39 is 8.72 Å². The summed E-state index contributed by atoms with van der Waals surface area (Å²) in [5.41, 5.74) is -0.311. The van der Waals surface area contributed by atoms with Crippen LogP contribution < -0.4 is 0 Å². The van der Waals surface area contributed by atoms with Crippen LogP contribution in [0.4, 0.5) is 5.69 Å². The van der Waals surface area contributed by atoms with Crippen molar-refractivity contribution >= 4 is 52.1 Å². The zero-order chi connectivity index (χ0) is 10.9. The van der Waals surface area contributed by atoms with E-state index in [1.54, 1.807) is 0 Å². The molecule has 0 atom stereocenters. The molecule has 1 aromatic rings. The van der Waals surface area contributed by atoms with E-state index in [2.05, 4.69) is 0 Å². The highest BCUT2D eigenvalue weighted by atomic mass is 35.6. The predicted octanol–water partition coefficient (Wildman–Crippen LogP) is 4.07. The third-order valence-electron chi connectivity index (χ3n) is 1.46. The largest absolute Gasteiger partial charge is 0.276 e. The third-order valence-corrected chi connectivity index (χ3v) is 2.31. The number of benzene rings is 1. The molecule has 0 aliphatic carbocycles. The van der Waals surface area contributed by atoms with E-state index in [-0.39, 0.29) is 16.3 Å². The highest BCUT2D eigenvalue weighted by molar-refractivity contribution is 6.67. The van der Waals surface area contributed by atoms with Crippen molar-refractivity contribution in [2.75, 3.05) is 0 Å². The topological polar surface area (TPSA) is 43.1 Å². The highest BCUT2D eigenvalue weighted by Gasteiger charge is 2.31. The maximum Gasteiger partial charge on any atom is 0.276 e. The first-order chi connectivity index (χ1) is 6.32. The Balaban J connectivity index is 3.38. The lowest BCUT2D eigenvalue weighted by Crippen LogP contribution is -2.04. The molecule has 0 spiro atoms. The van der Waals surface area contributed by atoms with Crippen molar-refractivity contribution in [3.05, 3.63) is 38.9 Å². The molecule has 0 aromatic heterocycles. The summed E-state index contributed by atoms with van der Waals surface area (Å²) < 4.78 is -1.85. The molecular weight excluding hydrogens is 272 g/mol. The number of rotatable bonds is 1. The second-order valence-electron chi connectivity index (χ2n) is 2.42. The van der Waals surface area contributed by atoms with Crippen molar-refractivity contribution in [3.63, 3.8) is 0 Å². The van der Waals surface area contributed by atoms with Crippen LogP contribution in [0.25, 0.3) is 0 Å². The van der Waals surface area contributed by atoms with Crippen LogP contribution in [0.5, 0.6) is 0 Å². The fraction of sp³-hybridized carbons (Fsp3) is 0.143. The van der Waals surface area contributed by atoms with Crippen LogP contribution in [0.1, 0.15) is 5.56 Å². The number of halogens is 4. The smallest absolute Gasteiger partial charge is 0.258 e. The second kappa shape index (κ2) is 4.11. The number of nitrogens with zero attached hydrogens (tertiary/aromatic N) is 1. The molecule has 76 valence electrons. The van der Waals surface area contributed by atoms with Gasteiger partial charge in [0.25, 0.3) is 5.69 Å². The van der Waals surface area contributed by atoms with Gasteiger partial charge in [-0.25, -0.2) is 0 Å². The lowest BCUT2D eigenvalue weighted by Gasteiger charge is -2.11. The first-order valence-corrected chi connectivity index (χ1v) is 4.84. The molecule has 0 aliphatic rings. The van der Waals surface area contributed by atoms with Crippen LogP contribution in [-0.2, 0) is 3.79 Å². The molecular formula is C7H3Cl4NO2. The van der Waals surface area contributed by atoms with Crippen LogP contribution in [-0.4, -0.2) is 4.92 Å². The fourth-order valence-electron chi connectivity index (χ4n) is 0.895. The van der Waals surface area contributed by atoms with E-state index in [9.17, 15) is 10.1 Å². The lowest BCUT2D eigenvalue weighted by molar-refractivity contribution is -0.385. The van der Waals surface area contributed by atoms with Gasteiger partial charge in [0.15, 0.2) is 0 Å². The average Bonchev–Trinajstić information content (AvgIpc) is 2.01. The molecule has 7 heteroatoms. The molecule has 0 bridgehead atoms. The summed E-state index contributed by atoms with van der Waals surface area (Å²) in [5.74, 6) is 0. The molecule has 0 heterocycles. The van der Waals surface area contributed by atoms with Gasteiger partial charge >= 0.3 is 0 Å². The van der Waals surface area contributed by atoms with Crippen molar-refractivity contribution in [1.29, 1.82) is 0 Å². The van der Waals surface area contributed by atoms with Crippen molar-refractivity contribution in [1.82, 2.24) is 0 Å². The van der Waals surface area contributed by atoms with Crippen LogP contribution in [0, 0.1) is 10.1 Å². The molecule has 0 fully saturated rings. The Labute approximate surface area is 99.7 Å². The Morgan fingerprint density at radius 1 is 1.29 bits per heavy atom. The predicted molar refractivity (Wildman–Crippen MR) is 57.3 cm³/mol. The highest BCUT2D eigenvalue weighted by Crippen LogP contribution is 2.43. The minimum atomic E-state index is -1.85. The normalized spacial score (nSPS) is 11.4. The second-order valence-corrected chi connectivity index (χ2v) is 5.13. The molecule has 0 unspecified atom stereocenters. The molecule has 0 saturated heterocycles. The SMILES string of the molecule is O=[N+]([O-])c1ccc(Cl)cc1C(Cl)(Cl)Cl. The van der Waals surface area contributed by atoms with Gasteiger partial charge in [0, 0.05) is 11.1 Å². The summed E-state index contributed by atoms with van der Waals surface area (Å²) in [7, 11) is 0. The van der Waals surface area contributed by atoms with Gasteiger partial charge in [0.2, 0.25) is 3.79 Å². The van der Waals surface area contributed by atoms with Gasteiger partial charge in [0.05, 0.1) is 10.5 Å². The summed E-state index contributed by atoms with van der Waals surface area (Å²) in [4.78, 5) is 9.93. The van der Waals surface area contributed by atoms with Gasteiger partial charge in [-0.3, -0.25) is 10.1 Å². The van der Waals surface area contributed by atoms with Gasteiger partial charge in [-0.2, -0.15) is 0 Å². The quantitative estimate of drug-likeness (QED) is 0.440. The molecule has 0 amide bonds. The van der Waals surface area contributed by atoms with Crippen molar-refractivity contribution in [2.24, 2.45) is 0 Å². The third kappa shape index (κ3) is 2.64. The summed E-state index contributed by atoms with van der Waals surface area (Å²) >= 11 is 22.3. The minimum Gasteiger partial charge on any atom is -0.258 e. The van der Waals surface area contributed by atoms with Crippen LogP contribution in [0.15, 0.2) is 18.2 Å². The minimum absolute atomic E-state index is 0.0417. The summed E-state index contributed by atoms with van der Waals surface area (Å²) in [5, 5.41) is 10.8. The monoisotopic (exact) mass is 273 g/mol. The zero-order valence-corrected chi connectivity index (χ0v) is 9.53. The maximum atomic E-state index is 10.6. The van der Waals surface area contributed by atoms with Gasteiger partial charge in [-0.15, -0.1) is 0 Å². The van der Waals surface area contributed by atoms with Crippen LogP contribution in [0.3, 0.4) is 0 Å². The van der Waals surface area contributed by atoms with E-state index in [0.29, 0.717) is 0 Å². The average molecular weight is 275 g/mol. The Bertz CT molecular complexity index is 374. The first kappa shape index (κ1) is 11.9. The molecule has 0 radical (unpaired) electrons. The van der Waals surface area contributed by atoms with E-state index in [4.69, 9.17) is 46.4 Å². The number of nitro benzene ring substituents is 1. The lowest BCUT2D eigenvalue weighted by atomic mass is 10.2. The van der Waals surface area contributed by atoms with Gasteiger partial charge in [-0.1, -0.05) is 46.4 Å². The van der Waals surface area contributed by atoms with E-state index in [0.717, 1.165) is 0 Å². The molecule has 14 heavy (non-hydrogen) atoms. The van der Waals surface area contributed by atoms with Crippen molar-refractivity contribution in [2.45, 2.75) is 3.79 Å². The summed E-state index contributed by atoms with van der Waals surface area (Å²) in [6.45, 7) is 0. The molecule has 0 aliphatic heterocycles. The number of nitro groups is 1. The maximum absolute atomic E-state index is 10.6. The van der Waals surface area contributed by atoms with Crippen molar-refractivity contribution in [3.8, 4) is 0 Å². The molecule has 1 rings (SSSR count). The fourth-order valence-corrected chi connectivity index (χ4v) is 1.52.